The number of amides is 2. The summed E-state index contributed by atoms with van der Waals surface area (Å²) in [7, 11) is 0. The molecule has 0 radical (unpaired) electrons. The van der Waals surface area contributed by atoms with Crippen molar-refractivity contribution in [3.63, 3.8) is 0 Å². The van der Waals surface area contributed by atoms with Gasteiger partial charge < -0.3 is 19.8 Å². The van der Waals surface area contributed by atoms with Gasteiger partial charge in [0.2, 0.25) is 5.91 Å². The number of hydrogen-bond acceptors (Lipinski definition) is 2. The van der Waals surface area contributed by atoms with Crippen LogP contribution in [0.2, 0.25) is 0 Å². The van der Waals surface area contributed by atoms with Gasteiger partial charge in [-0.05, 0) is 36.2 Å². The molecule has 0 aliphatic carbocycles. The fourth-order valence-corrected chi connectivity index (χ4v) is 4.34. The number of fused-ring (bicyclic) bond motifs is 2. The van der Waals surface area contributed by atoms with Crippen molar-refractivity contribution in [3.8, 4) is 0 Å². The number of nitrogens with zero attached hydrogens (tertiary/aromatic N) is 2. The number of rotatable bonds is 4. The highest BCUT2D eigenvalue weighted by Gasteiger charge is 2.25. The molecular formula is C24H24N4O2. The minimum absolute atomic E-state index is 0.0334. The Morgan fingerprint density at radius 3 is 2.40 bits per heavy atom. The number of piperazine rings is 1. The Balaban J connectivity index is 1.19. The van der Waals surface area contributed by atoms with Crippen LogP contribution in [0.3, 0.4) is 0 Å². The minimum Gasteiger partial charge on any atom is -0.361 e. The van der Waals surface area contributed by atoms with Crippen LogP contribution >= 0.6 is 0 Å². The Bertz CT molecular complexity index is 1210. The van der Waals surface area contributed by atoms with Crippen LogP contribution in [0.1, 0.15) is 22.3 Å². The van der Waals surface area contributed by atoms with E-state index in [1.807, 2.05) is 64.7 Å². The normalized spacial score (nSPS) is 14.5. The van der Waals surface area contributed by atoms with E-state index in [0.29, 0.717) is 38.2 Å². The van der Waals surface area contributed by atoms with Crippen LogP contribution in [0.25, 0.3) is 21.8 Å². The van der Waals surface area contributed by atoms with Gasteiger partial charge in [0.05, 0.1) is 0 Å². The maximum absolute atomic E-state index is 13.0. The molecule has 2 aromatic heterocycles. The van der Waals surface area contributed by atoms with Gasteiger partial charge in [-0.1, -0.05) is 24.3 Å². The molecule has 0 unspecified atom stereocenters. The molecular weight excluding hydrogens is 376 g/mol. The minimum atomic E-state index is 0.0334. The number of carbonyl (C=O) groups excluding carboxylic acids is 2. The second-order valence-electron chi connectivity index (χ2n) is 7.78. The van der Waals surface area contributed by atoms with Crippen LogP contribution in [0.4, 0.5) is 0 Å². The highest BCUT2D eigenvalue weighted by atomic mass is 16.2. The standard InChI is InChI=1S/C24H24N4O2/c29-23(9-8-17-16-26-21-6-2-1-4-18(17)21)27-12-14-28(15-13-27)24(30)20-5-3-7-22-19(20)10-11-25-22/h1-7,10-11,16,25-26H,8-9,12-15H2. The Morgan fingerprint density at radius 2 is 1.53 bits per heavy atom. The summed E-state index contributed by atoms with van der Waals surface area (Å²) in [6, 6.07) is 15.8. The molecule has 30 heavy (non-hydrogen) atoms. The highest BCUT2D eigenvalue weighted by Crippen LogP contribution is 2.21. The van der Waals surface area contributed by atoms with Gasteiger partial charge in [0.25, 0.3) is 5.91 Å². The molecule has 5 rings (SSSR count). The number of hydrogen-bond donors (Lipinski definition) is 2. The lowest BCUT2D eigenvalue weighted by Gasteiger charge is -2.35. The lowest BCUT2D eigenvalue weighted by molar-refractivity contribution is -0.132. The molecule has 0 bridgehead atoms. The molecule has 0 saturated carbocycles. The largest absolute Gasteiger partial charge is 0.361 e. The molecule has 0 atom stereocenters. The number of carbonyl (C=O) groups is 2. The van der Waals surface area contributed by atoms with Gasteiger partial charge in [-0.15, -0.1) is 0 Å². The topological polar surface area (TPSA) is 72.2 Å². The first kappa shape index (κ1) is 18.5. The van der Waals surface area contributed by atoms with Crippen molar-refractivity contribution >= 4 is 33.6 Å². The van der Waals surface area contributed by atoms with Crippen LogP contribution in [0.5, 0.6) is 0 Å². The number of aromatic amines is 2. The monoisotopic (exact) mass is 400 g/mol. The first-order valence-electron chi connectivity index (χ1n) is 10.4. The van der Waals surface area contributed by atoms with Crippen molar-refractivity contribution in [2.45, 2.75) is 12.8 Å². The van der Waals surface area contributed by atoms with Gasteiger partial charge in [-0.2, -0.15) is 0 Å². The summed E-state index contributed by atoms with van der Waals surface area (Å²) < 4.78 is 0. The molecule has 4 aromatic rings. The van der Waals surface area contributed by atoms with E-state index in [4.69, 9.17) is 0 Å². The van der Waals surface area contributed by atoms with Crippen LogP contribution in [-0.4, -0.2) is 57.8 Å². The van der Waals surface area contributed by atoms with E-state index in [-0.39, 0.29) is 11.8 Å². The van der Waals surface area contributed by atoms with Crippen LogP contribution in [0.15, 0.2) is 60.9 Å². The lowest BCUT2D eigenvalue weighted by atomic mass is 10.1. The maximum atomic E-state index is 13.0. The van der Waals surface area contributed by atoms with E-state index >= 15 is 0 Å². The molecule has 0 spiro atoms. The van der Waals surface area contributed by atoms with E-state index in [0.717, 1.165) is 22.8 Å². The van der Waals surface area contributed by atoms with Gasteiger partial charge in [-0.3, -0.25) is 9.59 Å². The summed E-state index contributed by atoms with van der Waals surface area (Å²) in [6.45, 7) is 2.31. The molecule has 1 saturated heterocycles. The van der Waals surface area contributed by atoms with E-state index in [1.54, 1.807) is 0 Å². The van der Waals surface area contributed by atoms with E-state index in [1.165, 1.54) is 10.9 Å². The quantitative estimate of drug-likeness (QED) is 0.550. The predicted octanol–water partition coefficient (Wildman–Crippen LogP) is 3.57. The first-order valence-corrected chi connectivity index (χ1v) is 10.4. The molecule has 2 N–H and O–H groups in total. The Morgan fingerprint density at radius 1 is 0.800 bits per heavy atom. The summed E-state index contributed by atoms with van der Waals surface area (Å²) in [5.41, 5.74) is 3.96. The fraction of sp³-hybridized carbons (Fsp3) is 0.250. The van der Waals surface area contributed by atoms with Crippen LogP contribution in [0, 0.1) is 0 Å². The summed E-state index contributed by atoms with van der Waals surface area (Å²) in [5.74, 6) is 0.186. The number of para-hydroxylation sites is 1. The average Bonchev–Trinajstić information content (AvgIpc) is 3.44. The Labute approximate surface area is 174 Å². The van der Waals surface area contributed by atoms with Gasteiger partial charge >= 0.3 is 0 Å². The van der Waals surface area contributed by atoms with Gasteiger partial charge in [0.1, 0.15) is 0 Å². The molecule has 2 amide bonds. The second-order valence-corrected chi connectivity index (χ2v) is 7.78. The Hall–Kier alpha value is -3.54. The summed E-state index contributed by atoms with van der Waals surface area (Å²) in [4.78, 5) is 35.9. The van der Waals surface area contributed by atoms with Crippen molar-refractivity contribution in [1.82, 2.24) is 19.8 Å². The summed E-state index contributed by atoms with van der Waals surface area (Å²) in [5, 5.41) is 2.12. The number of aryl methyl sites for hydroxylation is 1. The molecule has 3 heterocycles. The lowest BCUT2D eigenvalue weighted by Crippen LogP contribution is -2.50. The van der Waals surface area contributed by atoms with Gasteiger partial charge in [0.15, 0.2) is 0 Å². The van der Waals surface area contributed by atoms with Crippen molar-refractivity contribution < 1.29 is 9.59 Å². The van der Waals surface area contributed by atoms with E-state index in [9.17, 15) is 9.59 Å². The van der Waals surface area contributed by atoms with E-state index in [2.05, 4.69) is 16.0 Å². The number of benzene rings is 2. The maximum Gasteiger partial charge on any atom is 0.254 e. The van der Waals surface area contributed by atoms with Gasteiger partial charge in [-0.25, -0.2) is 0 Å². The number of nitrogens with one attached hydrogen (secondary N) is 2. The third-order valence-electron chi connectivity index (χ3n) is 6.03. The van der Waals surface area contributed by atoms with Gasteiger partial charge in [0, 0.05) is 72.4 Å². The third kappa shape index (κ3) is 3.34. The van der Waals surface area contributed by atoms with Crippen molar-refractivity contribution in [2.75, 3.05) is 26.2 Å². The van der Waals surface area contributed by atoms with E-state index < -0.39 is 0 Å². The highest BCUT2D eigenvalue weighted by molar-refractivity contribution is 6.06. The average molecular weight is 400 g/mol. The van der Waals surface area contributed by atoms with Crippen LogP contribution in [-0.2, 0) is 11.2 Å². The molecule has 1 aliphatic heterocycles. The second kappa shape index (κ2) is 7.71. The summed E-state index contributed by atoms with van der Waals surface area (Å²) in [6.07, 6.45) is 5.05. The van der Waals surface area contributed by atoms with Crippen molar-refractivity contribution in [2.24, 2.45) is 0 Å². The molecule has 2 aromatic carbocycles. The zero-order valence-electron chi connectivity index (χ0n) is 16.7. The molecule has 152 valence electrons. The fourth-order valence-electron chi connectivity index (χ4n) is 4.34. The summed E-state index contributed by atoms with van der Waals surface area (Å²) >= 11 is 0. The first-order chi connectivity index (χ1) is 14.7. The molecule has 6 heteroatoms. The SMILES string of the molecule is O=C(CCc1c[nH]c2ccccc12)N1CCN(C(=O)c2cccc3[nH]ccc23)CC1. The molecule has 1 aliphatic rings. The third-order valence-corrected chi connectivity index (χ3v) is 6.03. The predicted molar refractivity (Wildman–Crippen MR) is 117 cm³/mol. The molecule has 6 nitrogen and oxygen atoms in total. The van der Waals surface area contributed by atoms with Crippen molar-refractivity contribution in [1.29, 1.82) is 0 Å². The number of H-pyrrole nitrogens is 2. The Kier molecular flexibility index (Phi) is 4.75. The number of aromatic nitrogens is 2. The zero-order valence-corrected chi connectivity index (χ0v) is 16.7. The smallest absolute Gasteiger partial charge is 0.254 e. The van der Waals surface area contributed by atoms with Crippen molar-refractivity contribution in [3.05, 3.63) is 72.1 Å². The molecule has 1 fully saturated rings. The van der Waals surface area contributed by atoms with Crippen LogP contribution < -0.4 is 0 Å². The zero-order chi connectivity index (χ0) is 20.5.